The molecule has 1 aliphatic carbocycles. The molecule has 1 saturated heterocycles. The van der Waals surface area contributed by atoms with Gasteiger partial charge in [-0.3, -0.25) is 14.6 Å². The van der Waals surface area contributed by atoms with Crippen molar-refractivity contribution in [2.24, 2.45) is 23.0 Å². The van der Waals surface area contributed by atoms with E-state index in [0.29, 0.717) is 24.0 Å². The minimum absolute atomic E-state index is 0.0605. The van der Waals surface area contributed by atoms with E-state index in [1.54, 1.807) is 0 Å². The summed E-state index contributed by atoms with van der Waals surface area (Å²) in [5.41, 5.74) is 5.62. The van der Waals surface area contributed by atoms with Crippen molar-refractivity contribution in [3.63, 3.8) is 0 Å². The minimum atomic E-state index is -2.72. The lowest BCUT2D eigenvalue weighted by atomic mass is 9.77. The molecule has 2 heterocycles. The number of ether oxygens (including phenoxy) is 1. The van der Waals surface area contributed by atoms with Gasteiger partial charge in [0.2, 0.25) is 5.91 Å². The Hall–Kier alpha value is -2.25. The van der Waals surface area contributed by atoms with Gasteiger partial charge in [0, 0.05) is 18.4 Å². The van der Waals surface area contributed by atoms with Crippen LogP contribution in [0.5, 0.6) is 5.75 Å². The molecule has 8 heteroatoms. The second-order valence-electron chi connectivity index (χ2n) is 8.95. The third kappa shape index (κ3) is 4.77. The number of nitrogens with two attached hydrogens (primary N) is 1. The van der Waals surface area contributed by atoms with Gasteiger partial charge in [0.25, 0.3) is 5.92 Å². The van der Waals surface area contributed by atoms with Crippen LogP contribution < -0.4 is 15.4 Å². The summed E-state index contributed by atoms with van der Waals surface area (Å²) in [6.07, 6.45) is 3.51. The van der Waals surface area contributed by atoms with Crippen molar-refractivity contribution in [1.29, 1.82) is 0 Å². The molecule has 6 nitrogen and oxygen atoms in total. The van der Waals surface area contributed by atoms with Gasteiger partial charge < -0.3 is 15.4 Å². The van der Waals surface area contributed by atoms with E-state index >= 15 is 0 Å². The number of anilines is 1. The molecule has 1 aromatic heterocycles. The maximum absolute atomic E-state index is 13.3. The largest absolute Gasteiger partial charge is 0.491 e. The highest BCUT2D eigenvalue weighted by Crippen LogP contribution is 2.39. The molecule has 2 fully saturated rings. The molecular weight excluding hydrogens is 368 g/mol. The Balaban J connectivity index is 1.79. The number of aromatic nitrogens is 1. The molecule has 0 spiro atoms. The molecule has 1 amide bonds. The van der Waals surface area contributed by atoms with Crippen molar-refractivity contribution in [1.82, 2.24) is 4.98 Å². The van der Waals surface area contributed by atoms with Crippen molar-refractivity contribution >= 4 is 17.4 Å². The van der Waals surface area contributed by atoms with Crippen molar-refractivity contribution in [2.45, 2.75) is 46.0 Å². The number of ketones is 1. The number of Topliss-reactive ketones (excluding diaryl/α,β-unsaturated/α-hetero) is 1. The lowest BCUT2D eigenvalue weighted by Crippen LogP contribution is -2.56. The van der Waals surface area contributed by atoms with Crippen LogP contribution in [-0.4, -0.2) is 42.3 Å². The molecule has 3 rings (SSSR count). The van der Waals surface area contributed by atoms with Crippen LogP contribution in [0.3, 0.4) is 0 Å². The van der Waals surface area contributed by atoms with Crippen molar-refractivity contribution in [2.75, 3.05) is 24.6 Å². The molecule has 2 N–H and O–H groups in total. The topological polar surface area (TPSA) is 85.5 Å². The summed E-state index contributed by atoms with van der Waals surface area (Å²) in [7, 11) is 0. The number of amides is 1. The average molecular weight is 395 g/mol. The molecule has 1 aromatic rings. The summed E-state index contributed by atoms with van der Waals surface area (Å²) in [5.74, 6) is -3.36. The summed E-state index contributed by atoms with van der Waals surface area (Å²) >= 11 is 0. The molecule has 28 heavy (non-hydrogen) atoms. The van der Waals surface area contributed by atoms with Crippen LogP contribution in [0.25, 0.3) is 0 Å². The van der Waals surface area contributed by atoms with E-state index in [1.165, 1.54) is 17.2 Å². The fourth-order valence-electron chi connectivity index (χ4n) is 3.23. The molecule has 1 atom stereocenters. The summed E-state index contributed by atoms with van der Waals surface area (Å²) in [4.78, 5) is 30.1. The van der Waals surface area contributed by atoms with Crippen LogP contribution in [0.15, 0.2) is 12.3 Å². The Kier molecular flexibility index (Phi) is 5.34. The Morgan fingerprint density at radius 1 is 1.36 bits per heavy atom. The van der Waals surface area contributed by atoms with Gasteiger partial charge in [-0.05, 0) is 24.2 Å². The number of halogens is 2. The molecule has 1 aliphatic heterocycles. The van der Waals surface area contributed by atoms with Crippen molar-refractivity contribution in [3.05, 3.63) is 18.0 Å². The predicted octanol–water partition coefficient (Wildman–Crippen LogP) is 3.05. The normalized spacial score (nSPS) is 19.7. The molecule has 1 saturated carbocycles. The van der Waals surface area contributed by atoms with E-state index in [4.69, 9.17) is 10.5 Å². The average Bonchev–Trinajstić information content (AvgIpc) is 3.38. The molecule has 0 bridgehead atoms. The fourth-order valence-corrected chi connectivity index (χ4v) is 3.23. The van der Waals surface area contributed by atoms with E-state index in [2.05, 4.69) is 4.98 Å². The maximum Gasteiger partial charge on any atom is 0.282 e. The maximum atomic E-state index is 13.3. The summed E-state index contributed by atoms with van der Waals surface area (Å²) in [5, 5.41) is 0. The van der Waals surface area contributed by atoms with E-state index < -0.39 is 36.3 Å². The van der Waals surface area contributed by atoms with E-state index in [-0.39, 0.29) is 17.9 Å². The predicted molar refractivity (Wildman–Crippen MR) is 101 cm³/mol. The molecule has 1 unspecified atom stereocenters. The van der Waals surface area contributed by atoms with Crippen molar-refractivity contribution in [3.8, 4) is 5.75 Å². The Bertz CT molecular complexity index is 764. The van der Waals surface area contributed by atoms with Gasteiger partial charge in [0.15, 0.2) is 5.78 Å². The zero-order valence-electron chi connectivity index (χ0n) is 16.5. The van der Waals surface area contributed by atoms with Crippen LogP contribution in [0, 0.1) is 17.3 Å². The first kappa shape index (κ1) is 20.5. The number of alkyl halides is 2. The first-order chi connectivity index (χ1) is 13.0. The van der Waals surface area contributed by atoms with Gasteiger partial charge in [-0.1, -0.05) is 20.8 Å². The first-order valence-corrected chi connectivity index (χ1v) is 9.54. The molecule has 2 aliphatic rings. The SMILES string of the molecule is CC(C)(C)C(CC(=O)c1cc(OCC2CC2)c(N2CC(F)(F)C2)cn1)C(N)=O. The summed E-state index contributed by atoms with van der Waals surface area (Å²) in [6, 6.07) is 1.50. The molecule has 154 valence electrons. The lowest BCUT2D eigenvalue weighted by Gasteiger charge is -2.40. The monoisotopic (exact) mass is 395 g/mol. The van der Waals surface area contributed by atoms with Gasteiger partial charge in [-0.25, -0.2) is 8.78 Å². The second kappa shape index (κ2) is 7.29. The van der Waals surface area contributed by atoms with E-state index in [9.17, 15) is 18.4 Å². The number of hydrogen-bond donors (Lipinski definition) is 1. The highest BCUT2D eigenvalue weighted by Gasteiger charge is 2.45. The third-order valence-electron chi connectivity index (χ3n) is 5.27. The third-order valence-corrected chi connectivity index (χ3v) is 5.27. The smallest absolute Gasteiger partial charge is 0.282 e. The number of carbonyl (C=O) groups is 2. The number of nitrogens with zero attached hydrogens (tertiary/aromatic N) is 2. The Morgan fingerprint density at radius 3 is 2.50 bits per heavy atom. The van der Waals surface area contributed by atoms with Gasteiger partial charge in [0.05, 0.1) is 31.6 Å². The van der Waals surface area contributed by atoms with Gasteiger partial charge >= 0.3 is 0 Å². The zero-order valence-corrected chi connectivity index (χ0v) is 16.5. The van der Waals surface area contributed by atoms with Crippen LogP contribution in [0.4, 0.5) is 14.5 Å². The first-order valence-electron chi connectivity index (χ1n) is 9.54. The second-order valence-corrected chi connectivity index (χ2v) is 8.95. The van der Waals surface area contributed by atoms with Crippen LogP contribution in [0.2, 0.25) is 0 Å². The van der Waals surface area contributed by atoms with E-state index in [0.717, 1.165) is 12.8 Å². The van der Waals surface area contributed by atoms with Crippen molar-refractivity contribution < 1.29 is 23.1 Å². The summed E-state index contributed by atoms with van der Waals surface area (Å²) in [6.45, 7) is 5.24. The van der Waals surface area contributed by atoms with Crippen LogP contribution in [-0.2, 0) is 4.79 Å². The summed E-state index contributed by atoms with van der Waals surface area (Å²) < 4.78 is 32.4. The molecule has 0 aromatic carbocycles. The number of primary amides is 1. The Morgan fingerprint density at radius 2 is 2.00 bits per heavy atom. The number of carbonyl (C=O) groups excluding carboxylic acids is 2. The molecular formula is C20H27F2N3O3. The lowest BCUT2D eigenvalue weighted by molar-refractivity contribution is -0.124. The van der Waals surface area contributed by atoms with Crippen LogP contribution >= 0.6 is 0 Å². The molecule has 0 radical (unpaired) electrons. The number of hydrogen-bond acceptors (Lipinski definition) is 5. The quantitative estimate of drug-likeness (QED) is 0.684. The number of pyridine rings is 1. The van der Waals surface area contributed by atoms with Gasteiger partial charge in [-0.2, -0.15) is 0 Å². The zero-order chi connectivity index (χ0) is 20.7. The number of rotatable bonds is 8. The van der Waals surface area contributed by atoms with Crippen LogP contribution in [0.1, 0.15) is 50.5 Å². The van der Waals surface area contributed by atoms with Gasteiger partial charge in [0.1, 0.15) is 11.4 Å². The fraction of sp³-hybridized carbons (Fsp3) is 0.650. The minimum Gasteiger partial charge on any atom is -0.491 e. The highest BCUT2D eigenvalue weighted by molar-refractivity contribution is 5.97. The van der Waals surface area contributed by atoms with E-state index in [1.807, 2.05) is 20.8 Å². The standard InChI is InChI=1S/C20H27F2N3O3/c1-19(2,3)13(18(23)27)6-16(26)14-7-17(28-9-12-4-5-12)15(8-24-14)25-10-20(21,22)11-25/h7-8,12-13H,4-6,9-11H2,1-3H3,(H2,23,27). The highest BCUT2D eigenvalue weighted by atomic mass is 19.3. The van der Waals surface area contributed by atoms with Gasteiger partial charge in [-0.15, -0.1) is 0 Å². The Labute approximate surface area is 163 Å².